The highest BCUT2D eigenvalue weighted by molar-refractivity contribution is 7.80. The van der Waals surface area contributed by atoms with Gasteiger partial charge >= 0.3 is 0 Å². The third-order valence-electron chi connectivity index (χ3n) is 4.97. The Morgan fingerprint density at radius 3 is 2.74 bits per heavy atom. The first-order valence-electron chi connectivity index (χ1n) is 8.25. The van der Waals surface area contributed by atoms with Crippen LogP contribution in [0.15, 0.2) is 42.5 Å². The fourth-order valence-electron chi connectivity index (χ4n) is 3.36. The first kappa shape index (κ1) is 16.0. The topological polar surface area (TPSA) is 15.3 Å². The summed E-state index contributed by atoms with van der Waals surface area (Å²) in [5.41, 5.74) is 6.53. The summed E-state index contributed by atoms with van der Waals surface area (Å²) in [6.07, 6.45) is 3.55. The van der Waals surface area contributed by atoms with Gasteiger partial charge < -0.3 is 10.2 Å². The number of fused-ring (bicyclic) bond motifs is 1. The van der Waals surface area contributed by atoms with Crippen LogP contribution >= 0.6 is 12.2 Å². The van der Waals surface area contributed by atoms with Gasteiger partial charge in [-0.05, 0) is 73.6 Å². The zero-order valence-electron chi connectivity index (χ0n) is 14.1. The Bertz CT molecular complexity index is 723. The van der Waals surface area contributed by atoms with Crippen LogP contribution in [0.5, 0.6) is 0 Å². The zero-order chi connectivity index (χ0) is 16.4. The summed E-state index contributed by atoms with van der Waals surface area (Å²) in [4.78, 5) is 2.22. The third kappa shape index (κ3) is 3.25. The lowest BCUT2D eigenvalue weighted by molar-refractivity contribution is 0.336. The van der Waals surface area contributed by atoms with E-state index < -0.39 is 0 Å². The van der Waals surface area contributed by atoms with E-state index in [9.17, 15) is 0 Å². The molecule has 3 heteroatoms. The Morgan fingerprint density at radius 2 is 1.91 bits per heavy atom. The second kappa shape index (κ2) is 6.71. The van der Waals surface area contributed by atoms with Crippen molar-refractivity contribution < 1.29 is 0 Å². The van der Waals surface area contributed by atoms with Crippen molar-refractivity contribution >= 4 is 23.0 Å². The minimum absolute atomic E-state index is 0.366. The number of nitrogens with zero attached hydrogens (tertiary/aromatic N) is 1. The number of rotatable bonds is 2. The molecule has 2 nitrogen and oxygen atoms in total. The molecule has 0 bridgehead atoms. The van der Waals surface area contributed by atoms with Crippen LogP contribution < -0.4 is 5.32 Å². The highest BCUT2D eigenvalue weighted by Gasteiger charge is 2.25. The van der Waals surface area contributed by atoms with E-state index >= 15 is 0 Å². The van der Waals surface area contributed by atoms with Gasteiger partial charge in [0.25, 0.3) is 0 Å². The van der Waals surface area contributed by atoms with Crippen molar-refractivity contribution in [1.29, 1.82) is 0 Å². The standard InChI is InChI=1S/C20H24N2S/c1-14-8-6-12-18(15(14)2)21-20(23)22(3)19-13-7-10-16-9-4-5-11-17(16)19/h4-6,8-9,11-12,19H,7,10,13H2,1-3H3,(H,21,23)/t19-/m1/s1. The molecule has 1 atom stereocenters. The van der Waals surface area contributed by atoms with Gasteiger partial charge in [-0.2, -0.15) is 0 Å². The summed E-state index contributed by atoms with van der Waals surface area (Å²) in [5.74, 6) is 0. The van der Waals surface area contributed by atoms with Crippen LogP contribution in [-0.2, 0) is 6.42 Å². The molecular weight excluding hydrogens is 300 g/mol. The summed E-state index contributed by atoms with van der Waals surface area (Å²) in [6.45, 7) is 4.26. The highest BCUT2D eigenvalue weighted by Crippen LogP contribution is 2.33. The van der Waals surface area contributed by atoms with Crippen LogP contribution in [0.1, 0.15) is 41.1 Å². The van der Waals surface area contributed by atoms with E-state index in [0.717, 1.165) is 17.2 Å². The molecule has 0 aromatic heterocycles. The number of benzene rings is 2. The predicted octanol–water partition coefficient (Wildman–Crippen LogP) is 5.01. The Morgan fingerprint density at radius 1 is 1.13 bits per heavy atom. The molecule has 0 unspecified atom stereocenters. The van der Waals surface area contributed by atoms with Gasteiger partial charge in [0.1, 0.15) is 0 Å². The lowest BCUT2D eigenvalue weighted by Gasteiger charge is -2.35. The number of hydrogen-bond donors (Lipinski definition) is 1. The molecule has 0 spiro atoms. The minimum atomic E-state index is 0.366. The molecule has 0 amide bonds. The van der Waals surface area contributed by atoms with Gasteiger partial charge in [-0.1, -0.05) is 36.4 Å². The van der Waals surface area contributed by atoms with Crippen molar-refractivity contribution in [3.05, 3.63) is 64.7 Å². The average molecular weight is 324 g/mol. The second-order valence-electron chi connectivity index (χ2n) is 6.40. The molecule has 0 fully saturated rings. The van der Waals surface area contributed by atoms with Crippen LogP contribution in [0.3, 0.4) is 0 Å². The van der Waals surface area contributed by atoms with E-state index in [1.807, 2.05) is 0 Å². The molecule has 1 aliphatic carbocycles. The predicted molar refractivity (Wildman–Crippen MR) is 102 cm³/mol. The highest BCUT2D eigenvalue weighted by atomic mass is 32.1. The molecule has 0 saturated heterocycles. The fraction of sp³-hybridized carbons (Fsp3) is 0.350. The molecule has 2 aromatic rings. The Labute approximate surface area is 144 Å². The first-order chi connectivity index (χ1) is 11.1. The Kier molecular flexibility index (Phi) is 4.67. The SMILES string of the molecule is Cc1cccc(NC(=S)N(C)[C@@H]2CCCc3ccccc32)c1C. The third-order valence-corrected chi connectivity index (χ3v) is 5.36. The molecule has 0 saturated carbocycles. The average Bonchev–Trinajstić information content (AvgIpc) is 2.57. The van der Waals surface area contributed by atoms with Crippen molar-refractivity contribution in [2.24, 2.45) is 0 Å². The number of nitrogens with one attached hydrogen (secondary N) is 1. The normalized spacial score (nSPS) is 16.6. The summed E-state index contributed by atoms with van der Waals surface area (Å²) in [6, 6.07) is 15.4. The van der Waals surface area contributed by atoms with Gasteiger partial charge in [-0.3, -0.25) is 0 Å². The van der Waals surface area contributed by atoms with Crippen molar-refractivity contribution in [2.75, 3.05) is 12.4 Å². The van der Waals surface area contributed by atoms with Gasteiger partial charge in [0.15, 0.2) is 5.11 Å². The molecular formula is C20H24N2S. The van der Waals surface area contributed by atoms with E-state index in [2.05, 4.69) is 73.6 Å². The maximum absolute atomic E-state index is 5.69. The number of hydrogen-bond acceptors (Lipinski definition) is 1. The largest absolute Gasteiger partial charge is 0.345 e. The van der Waals surface area contributed by atoms with E-state index in [4.69, 9.17) is 12.2 Å². The Hall–Kier alpha value is -1.87. The molecule has 0 radical (unpaired) electrons. The van der Waals surface area contributed by atoms with Crippen LogP contribution in [-0.4, -0.2) is 17.1 Å². The summed E-state index contributed by atoms with van der Waals surface area (Å²) in [7, 11) is 2.10. The van der Waals surface area contributed by atoms with Crippen LogP contribution in [0.2, 0.25) is 0 Å². The number of aryl methyl sites for hydroxylation is 2. The number of thiocarbonyl (C=S) groups is 1. The minimum Gasteiger partial charge on any atom is -0.345 e. The molecule has 23 heavy (non-hydrogen) atoms. The smallest absolute Gasteiger partial charge is 0.173 e. The molecule has 3 rings (SSSR count). The monoisotopic (exact) mass is 324 g/mol. The molecule has 1 N–H and O–H groups in total. The van der Waals surface area contributed by atoms with E-state index in [0.29, 0.717) is 6.04 Å². The van der Waals surface area contributed by atoms with Crippen molar-refractivity contribution in [2.45, 2.75) is 39.2 Å². The lowest BCUT2D eigenvalue weighted by atomic mass is 9.87. The second-order valence-corrected chi connectivity index (χ2v) is 6.78. The fourth-order valence-corrected chi connectivity index (χ4v) is 3.60. The first-order valence-corrected chi connectivity index (χ1v) is 8.66. The van der Waals surface area contributed by atoms with Crippen molar-refractivity contribution in [1.82, 2.24) is 4.90 Å². The van der Waals surface area contributed by atoms with E-state index in [1.165, 1.54) is 35.1 Å². The van der Waals surface area contributed by atoms with Gasteiger partial charge in [0, 0.05) is 12.7 Å². The Balaban J connectivity index is 1.80. The maximum atomic E-state index is 5.69. The summed E-state index contributed by atoms with van der Waals surface area (Å²) >= 11 is 5.69. The molecule has 0 heterocycles. The quantitative estimate of drug-likeness (QED) is 0.782. The van der Waals surface area contributed by atoms with Crippen molar-refractivity contribution in [3.63, 3.8) is 0 Å². The van der Waals surface area contributed by atoms with E-state index in [-0.39, 0.29) is 0 Å². The zero-order valence-corrected chi connectivity index (χ0v) is 14.9. The van der Waals surface area contributed by atoms with Crippen molar-refractivity contribution in [3.8, 4) is 0 Å². The molecule has 2 aromatic carbocycles. The van der Waals surface area contributed by atoms with Gasteiger partial charge in [-0.25, -0.2) is 0 Å². The van der Waals surface area contributed by atoms with Gasteiger partial charge in [0.05, 0.1) is 6.04 Å². The molecule has 1 aliphatic rings. The number of anilines is 1. The summed E-state index contributed by atoms with van der Waals surface area (Å²) in [5, 5.41) is 4.23. The van der Waals surface area contributed by atoms with E-state index in [1.54, 1.807) is 0 Å². The molecule has 0 aliphatic heterocycles. The van der Waals surface area contributed by atoms with Crippen LogP contribution in [0.25, 0.3) is 0 Å². The maximum Gasteiger partial charge on any atom is 0.173 e. The lowest BCUT2D eigenvalue weighted by Crippen LogP contribution is -2.36. The van der Waals surface area contributed by atoms with Crippen LogP contribution in [0, 0.1) is 13.8 Å². The van der Waals surface area contributed by atoms with Crippen LogP contribution in [0.4, 0.5) is 5.69 Å². The molecule has 120 valence electrons. The van der Waals surface area contributed by atoms with Gasteiger partial charge in [-0.15, -0.1) is 0 Å². The summed E-state index contributed by atoms with van der Waals surface area (Å²) < 4.78 is 0. The van der Waals surface area contributed by atoms with Gasteiger partial charge in [0.2, 0.25) is 0 Å².